The Kier molecular flexibility index (Phi) is 4.74. The summed E-state index contributed by atoms with van der Waals surface area (Å²) in [7, 11) is 0. The first-order valence-electron chi connectivity index (χ1n) is 6.33. The van der Waals surface area contributed by atoms with E-state index in [0.29, 0.717) is 6.61 Å². The van der Waals surface area contributed by atoms with E-state index in [9.17, 15) is 0 Å². The van der Waals surface area contributed by atoms with Crippen LogP contribution >= 0.6 is 11.8 Å². The lowest BCUT2D eigenvalue weighted by Gasteiger charge is -2.08. The first-order chi connectivity index (χ1) is 9.15. The lowest BCUT2D eigenvalue weighted by Crippen LogP contribution is -2.00. The standard InChI is InChI=1S/C16H19NOS/c1-12-3-4-13(2)16(11-12)19-10-9-18-15-7-5-14(17)6-8-15/h3-8,11H,9-10,17H2,1-2H3. The summed E-state index contributed by atoms with van der Waals surface area (Å²) in [6, 6.07) is 14.0. The molecule has 0 radical (unpaired) electrons. The van der Waals surface area contributed by atoms with E-state index in [-0.39, 0.29) is 0 Å². The van der Waals surface area contributed by atoms with Crippen molar-refractivity contribution in [3.63, 3.8) is 0 Å². The molecule has 0 aliphatic carbocycles. The normalized spacial score (nSPS) is 10.4. The van der Waals surface area contributed by atoms with Gasteiger partial charge in [0.15, 0.2) is 0 Å². The van der Waals surface area contributed by atoms with Crippen LogP contribution < -0.4 is 10.5 Å². The van der Waals surface area contributed by atoms with Gasteiger partial charge >= 0.3 is 0 Å². The van der Waals surface area contributed by atoms with Gasteiger partial charge in [0.05, 0.1) is 6.61 Å². The summed E-state index contributed by atoms with van der Waals surface area (Å²) in [5.41, 5.74) is 9.01. The van der Waals surface area contributed by atoms with Gasteiger partial charge in [0.25, 0.3) is 0 Å². The maximum absolute atomic E-state index is 5.68. The van der Waals surface area contributed by atoms with Crippen molar-refractivity contribution in [1.29, 1.82) is 0 Å². The van der Waals surface area contributed by atoms with E-state index >= 15 is 0 Å². The number of anilines is 1. The summed E-state index contributed by atoms with van der Waals surface area (Å²) in [6.45, 7) is 4.96. The van der Waals surface area contributed by atoms with E-state index in [1.54, 1.807) is 0 Å². The third kappa shape index (κ3) is 4.21. The van der Waals surface area contributed by atoms with Crippen LogP contribution in [-0.4, -0.2) is 12.4 Å². The molecule has 0 atom stereocenters. The number of hydrogen-bond donors (Lipinski definition) is 1. The predicted molar refractivity (Wildman–Crippen MR) is 83.0 cm³/mol. The van der Waals surface area contributed by atoms with Gasteiger partial charge in [-0.05, 0) is 49.7 Å². The van der Waals surface area contributed by atoms with Crippen molar-refractivity contribution in [1.82, 2.24) is 0 Å². The van der Waals surface area contributed by atoms with Crippen LogP contribution in [0.3, 0.4) is 0 Å². The van der Waals surface area contributed by atoms with Gasteiger partial charge < -0.3 is 10.5 Å². The number of benzene rings is 2. The molecule has 0 spiro atoms. The minimum absolute atomic E-state index is 0.696. The van der Waals surface area contributed by atoms with Gasteiger partial charge in [-0.2, -0.15) is 0 Å². The van der Waals surface area contributed by atoms with Crippen LogP contribution in [-0.2, 0) is 0 Å². The van der Waals surface area contributed by atoms with Gasteiger partial charge in [0.2, 0.25) is 0 Å². The molecular formula is C16H19NOS. The van der Waals surface area contributed by atoms with Crippen LogP contribution in [0.2, 0.25) is 0 Å². The molecule has 0 heterocycles. The van der Waals surface area contributed by atoms with Gasteiger partial charge in [-0.25, -0.2) is 0 Å². The van der Waals surface area contributed by atoms with Gasteiger partial charge in [0.1, 0.15) is 5.75 Å². The summed E-state index contributed by atoms with van der Waals surface area (Å²) in [4.78, 5) is 1.33. The Labute approximate surface area is 119 Å². The van der Waals surface area contributed by atoms with Gasteiger partial charge in [-0.3, -0.25) is 0 Å². The Hall–Kier alpha value is -1.61. The van der Waals surface area contributed by atoms with Crippen molar-refractivity contribution in [3.8, 4) is 5.75 Å². The molecule has 2 rings (SSSR count). The van der Waals surface area contributed by atoms with Crippen LogP contribution in [0.5, 0.6) is 5.75 Å². The molecule has 0 fully saturated rings. The van der Waals surface area contributed by atoms with E-state index < -0.39 is 0 Å². The molecule has 0 aliphatic rings. The molecule has 2 aromatic carbocycles. The first kappa shape index (κ1) is 13.8. The third-order valence-electron chi connectivity index (χ3n) is 2.83. The molecule has 0 aliphatic heterocycles. The van der Waals surface area contributed by atoms with Crippen LogP contribution in [0.1, 0.15) is 11.1 Å². The molecular weight excluding hydrogens is 254 g/mol. The second-order valence-corrected chi connectivity index (χ2v) is 5.67. The summed E-state index contributed by atoms with van der Waals surface area (Å²) >= 11 is 1.83. The summed E-state index contributed by atoms with van der Waals surface area (Å²) in [6.07, 6.45) is 0. The van der Waals surface area contributed by atoms with Crippen LogP contribution in [0.15, 0.2) is 47.4 Å². The van der Waals surface area contributed by atoms with E-state index in [0.717, 1.165) is 17.2 Å². The highest BCUT2D eigenvalue weighted by molar-refractivity contribution is 7.99. The molecule has 3 heteroatoms. The second-order valence-electron chi connectivity index (χ2n) is 4.53. The topological polar surface area (TPSA) is 35.2 Å². The number of thioether (sulfide) groups is 1. The zero-order chi connectivity index (χ0) is 13.7. The van der Waals surface area contributed by atoms with Crippen LogP contribution in [0.4, 0.5) is 5.69 Å². The minimum atomic E-state index is 0.696. The molecule has 0 unspecified atom stereocenters. The number of rotatable bonds is 5. The van der Waals surface area contributed by atoms with Gasteiger partial charge in [-0.1, -0.05) is 17.7 Å². The molecule has 0 saturated heterocycles. The maximum Gasteiger partial charge on any atom is 0.119 e. The van der Waals surface area contributed by atoms with E-state index in [1.165, 1.54) is 16.0 Å². The number of nitrogens with two attached hydrogens (primary N) is 1. The van der Waals surface area contributed by atoms with Crippen molar-refractivity contribution in [2.75, 3.05) is 18.1 Å². The summed E-state index contributed by atoms with van der Waals surface area (Å²) < 4.78 is 5.68. The Morgan fingerprint density at radius 3 is 2.53 bits per heavy atom. The lowest BCUT2D eigenvalue weighted by molar-refractivity contribution is 0.344. The first-order valence-corrected chi connectivity index (χ1v) is 7.32. The number of hydrogen-bond acceptors (Lipinski definition) is 3. The average molecular weight is 273 g/mol. The van der Waals surface area contributed by atoms with Crippen LogP contribution in [0, 0.1) is 13.8 Å². The molecule has 19 heavy (non-hydrogen) atoms. The Balaban J connectivity index is 1.80. The third-order valence-corrected chi connectivity index (χ3v) is 3.95. The summed E-state index contributed by atoms with van der Waals surface area (Å²) in [5.74, 6) is 1.81. The highest BCUT2D eigenvalue weighted by Crippen LogP contribution is 2.23. The molecule has 2 N–H and O–H groups in total. The SMILES string of the molecule is Cc1ccc(C)c(SCCOc2ccc(N)cc2)c1. The fourth-order valence-electron chi connectivity index (χ4n) is 1.74. The summed E-state index contributed by atoms with van der Waals surface area (Å²) in [5, 5.41) is 0. The average Bonchev–Trinajstić information content (AvgIpc) is 2.40. The Bertz CT molecular complexity index is 537. The molecule has 2 nitrogen and oxygen atoms in total. The molecule has 100 valence electrons. The molecule has 0 bridgehead atoms. The highest BCUT2D eigenvalue weighted by Gasteiger charge is 2.00. The van der Waals surface area contributed by atoms with Gasteiger partial charge in [-0.15, -0.1) is 11.8 Å². The van der Waals surface area contributed by atoms with Crippen molar-refractivity contribution in [2.24, 2.45) is 0 Å². The fraction of sp³-hybridized carbons (Fsp3) is 0.250. The maximum atomic E-state index is 5.68. The Morgan fingerprint density at radius 2 is 1.79 bits per heavy atom. The predicted octanol–water partition coefficient (Wildman–Crippen LogP) is 4.06. The van der Waals surface area contributed by atoms with Crippen LogP contribution in [0.25, 0.3) is 0 Å². The highest BCUT2D eigenvalue weighted by atomic mass is 32.2. The smallest absolute Gasteiger partial charge is 0.119 e. The van der Waals surface area contributed by atoms with E-state index in [1.807, 2.05) is 36.0 Å². The Morgan fingerprint density at radius 1 is 1.05 bits per heavy atom. The fourth-order valence-corrected chi connectivity index (χ4v) is 2.69. The van der Waals surface area contributed by atoms with Gasteiger partial charge in [0, 0.05) is 16.3 Å². The molecule has 0 saturated carbocycles. The van der Waals surface area contributed by atoms with Crippen molar-refractivity contribution in [3.05, 3.63) is 53.6 Å². The second kappa shape index (κ2) is 6.53. The number of nitrogen functional groups attached to an aromatic ring is 1. The minimum Gasteiger partial charge on any atom is -0.493 e. The van der Waals surface area contributed by atoms with Crippen molar-refractivity contribution in [2.45, 2.75) is 18.7 Å². The zero-order valence-electron chi connectivity index (χ0n) is 11.3. The molecule has 0 amide bonds. The quantitative estimate of drug-likeness (QED) is 0.507. The molecule has 2 aromatic rings. The monoisotopic (exact) mass is 273 g/mol. The number of aryl methyl sites for hydroxylation is 2. The number of ether oxygens (including phenoxy) is 1. The van der Waals surface area contributed by atoms with Crippen molar-refractivity contribution < 1.29 is 4.74 Å². The van der Waals surface area contributed by atoms with E-state index in [4.69, 9.17) is 10.5 Å². The largest absolute Gasteiger partial charge is 0.493 e. The lowest BCUT2D eigenvalue weighted by atomic mass is 10.2. The zero-order valence-corrected chi connectivity index (χ0v) is 12.2. The van der Waals surface area contributed by atoms with Crippen molar-refractivity contribution >= 4 is 17.4 Å². The molecule has 0 aromatic heterocycles. The van der Waals surface area contributed by atoms with E-state index in [2.05, 4.69) is 32.0 Å².